The highest BCUT2D eigenvalue weighted by Gasteiger charge is 1.83. The Bertz CT molecular complexity index is 349. The Morgan fingerprint density at radius 1 is 0.714 bits per heavy atom. The second-order valence-electron chi connectivity index (χ2n) is 2.68. The van der Waals surface area contributed by atoms with Crippen LogP contribution in [0.1, 0.15) is 0 Å². The molecule has 0 aromatic rings. The molecule has 0 atom stereocenters. The van der Waals surface area contributed by atoms with Gasteiger partial charge < -0.3 is 0 Å². The molecule has 70 valence electrons. The van der Waals surface area contributed by atoms with E-state index in [-0.39, 0.29) is 0 Å². The van der Waals surface area contributed by atoms with E-state index >= 15 is 0 Å². The number of hydrogen-bond acceptors (Lipinski definition) is 1. The highest BCUT2D eigenvalue weighted by Crippen LogP contribution is 1.95. The van der Waals surface area contributed by atoms with Crippen LogP contribution in [0.2, 0.25) is 0 Å². The summed E-state index contributed by atoms with van der Waals surface area (Å²) in [7, 11) is 0. The first-order chi connectivity index (χ1) is 6.93. The van der Waals surface area contributed by atoms with Crippen molar-refractivity contribution < 1.29 is 4.79 Å². The van der Waals surface area contributed by atoms with Crippen molar-refractivity contribution in [3.05, 3.63) is 72.4 Å². The van der Waals surface area contributed by atoms with Crippen molar-refractivity contribution in [2.75, 3.05) is 0 Å². The Balaban J connectivity index is 2.86. The molecule has 0 aromatic carbocycles. The highest BCUT2D eigenvalue weighted by molar-refractivity contribution is 5.78. The number of carbonyl (C=O) groups excluding carboxylic acids is 1. The van der Waals surface area contributed by atoms with E-state index in [1.54, 1.807) is 12.2 Å². The quantitative estimate of drug-likeness (QED) is 0.573. The second-order valence-corrected chi connectivity index (χ2v) is 2.68. The fraction of sp³-hybridized carbons (Fsp3) is 0. The third kappa shape index (κ3) is 4.21. The van der Waals surface area contributed by atoms with Gasteiger partial charge in [0.25, 0.3) is 0 Å². The number of carbonyl (C=O) groups is 1. The summed E-state index contributed by atoms with van der Waals surface area (Å²) in [6.45, 7) is 0. The molecule has 14 heavy (non-hydrogen) atoms. The van der Waals surface area contributed by atoms with Gasteiger partial charge >= 0.3 is 0 Å². The maximum absolute atomic E-state index is 10.6. The average Bonchev–Trinajstić information content (AvgIpc) is 2.19. The van der Waals surface area contributed by atoms with E-state index < -0.39 is 0 Å². The van der Waals surface area contributed by atoms with Gasteiger partial charge in [0.15, 0.2) is 0 Å². The van der Waals surface area contributed by atoms with Crippen molar-refractivity contribution >= 4 is 6.29 Å². The van der Waals surface area contributed by atoms with Gasteiger partial charge in [0.2, 0.25) is 0 Å². The summed E-state index contributed by atoms with van der Waals surface area (Å²) in [5, 5.41) is 0. The molecular formula is C13H12O. The zero-order valence-electron chi connectivity index (χ0n) is 7.84. The van der Waals surface area contributed by atoms with Crippen molar-refractivity contribution in [2.24, 2.45) is 0 Å². The first kappa shape index (κ1) is 10.2. The smallest absolute Gasteiger partial charge is 0.150 e. The summed E-state index contributed by atoms with van der Waals surface area (Å²) >= 11 is 0. The van der Waals surface area contributed by atoms with Crippen molar-refractivity contribution in [1.29, 1.82) is 0 Å². The first-order valence-electron chi connectivity index (χ1n) is 4.44. The predicted molar refractivity (Wildman–Crippen MR) is 59.8 cm³/mol. The van der Waals surface area contributed by atoms with E-state index in [9.17, 15) is 4.79 Å². The summed E-state index contributed by atoms with van der Waals surface area (Å²) in [5.74, 6) is 0. The SMILES string of the molecule is O=CC1=CC=CC=CC=CC=CC=C1. The molecule has 1 heteroatoms. The monoisotopic (exact) mass is 184 g/mol. The lowest BCUT2D eigenvalue weighted by Gasteiger charge is -1.85. The fourth-order valence-electron chi connectivity index (χ4n) is 0.917. The Hall–Kier alpha value is -1.89. The minimum atomic E-state index is 0.656. The van der Waals surface area contributed by atoms with E-state index in [0.29, 0.717) is 5.57 Å². The number of allylic oxidation sites excluding steroid dienone is 12. The molecule has 1 rings (SSSR count). The van der Waals surface area contributed by atoms with Gasteiger partial charge in [-0.25, -0.2) is 0 Å². The van der Waals surface area contributed by atoms with Crippen LogP contribution in [0.25, 0.3) is 0 Å². The van der Waals surface area contributed by atoms with E-state index in [0.717, 1.165) is 6.29 Å². The van der Waals surface area contributed by atoms with Gasteiger partial charge in [-0.3, -0.25) is 4.79 Å². The van der Waals surface area contributed by atoms with E-state index in [1.165, 1.54) is 0 Å². The Morgan fingerprint density at radius 3 is 1.79 bits per heavy atom. The molecule has 0 saturated carbocycles. The molecule has 0 saturated heterocycles. The molecule has 1 aliphatic carbocycles. The molecule has 1 nitrogen and oxygen atoms in total. The molecule has 0 unspecified atom stereocenters. The zero-order chi connectivity index (χ0) is 10.1. The lowest BCUT2D eigenvalue weighted by atomic mass is 10.2. The van der Waals surface area contributed by atoms with Gasteiger partial charge in [0.05, 0.1) is 0 Å². The van der Waals surface area contributed by atoms with Gasteiger partial charge in [-0.1, -0.05) is 66.8 Å². The third-order valence-corrected chi connectivity index (χ3v) is 1.60. The molecule has 0 fully saturated rings. The van der Waals surface area contributed by atoms with Crippen LogP contribution in [-0.2, 0) is 4.79 Å². The second kappa shape index (κ2) is 6.61. The standard InChI is InChI=1S/C13H12O/c14-12-13-10-8-6-4-2-1-3-5-7-9-11-13/h1-12H. The van der Waals surface area contributed by atoms with Gasteiger partial charge in [0, 0.05) is 5.57 Å². The minimum Gasteiger partial charge on any atom is -0.298 e. The Labute approximate surface area is 84.1 Å². The maximum atomic E-state index is 10.6. The van der Waals surface area contributed by atoms with E-state index in [4.69, 9.17) is 0 Å². The molecular weight excluding hydrogens is 172 g/mol. The summed E-state index contributed by atoms with van der Waals surface area (Å²) in [6, 6.07) is 0. The molecule has 0 spiro atoms. The van der Waals surface area contributed by atoms with Gasteiger partial charge in [0.1, 0.15) is 6.29 Å². The molecule has 0 heterocycles. The lowest BCUT2D eigenvalue weighted by molar-refractivity contribution is -0.104. The maximum Gasteiger partial charge on any atom is 0.150 e. The van der Waals surface area contributed by atoms with Crippen LogP contribution < -0.4 is 0 Å². The summed E-state index contributed by atoms with van der Waals surface area (Å²) in [5.41, 5.74) is 0.656. The first-order valence-corrected chi connectivity index (χ1v) is 4.44. The average molecular weight is 184 g/mol. The van der Waals surface area contributed by atoms with Crippen LogP contribution in [0, 0.1) is 0 Å². The van der Waals surface area contributed by atoms with Crippen molar-refractivity contribution in [3.8, 4) is 0 Å². The molecule has 0 aliphatic heterocycles. The highest BCUT2D eigenvalue weighted by atomic mass is 16.1. The van der Waals surface area contributed by atoms with Crippen molar-refractivity contribution in [1.82, 2.24) is 0 Å². The Kier molecular flexibility index (Phi) is 4.81. The number of aldehydes is 1. The predicted octanol–water partition coefficient (Wildman–Crippen LogP) is 2.91. The summed E-state index contributed by atoms with van der Waals surface area (Å²) in [6.07, 6.45) is 21.4. The third-order valence-electron chi connectivity index (χ3n) is 1.60. The number of hydrogen-bond donors (Lipinski definition) is 0. The van der Waals surface area contributed by atoms with E-state index in [1.807, 2.05) is 54.7 Å². The van der Waals surface area contributed by atoms with Crippen LogP contribution in [0.3, 0.4) is 0 Å². The molecule has 1 aliphatic rings. The van der Waals surface area contributed by atoms with Crippen LogP contribution in [-0.4, -0.2) is 6.29 Å². The molecule has 0 N–H and O–H groups in total. The van der Waals surface area contributed by atoms with Crippen LogP contribution in [0.15, 0.2) is 72.4 Å². The topological polar surface area (TPSA) is 17.1 Å². The van der Waals surface area contributed by atoms with Gasteiger partial charge in [-0.2, -0.15) is 0 Å². The fourth-order valence-corrected chi connectivity index (χ4v) is 0.917. The molecule has 0 amide bonds. The van der Waals surface area contributed by atoms with E-state index in [2.05, 4.69) is 0 Å². The van der Waals surface area contributed by atoms with Crippen LogP contribution >= 0.6 is 0 Å². The minimum absolute atomic E-state index is 0.656. The molecule has 0 bridgehead atoms. The zero-order valence-corrected chi connectivity index (χ0v) is 7.84. The summed E-state index contributed by atoms with van der Waals surface area (Å²) < 4.78 is 0. The van der Waals surface area contributed by atoms with Crippen LogP contribution in [0.4, 0.5) is 0 Å². The van der Waals surface area contributed by atoms with Gasteiger partial charge in [-0.15, -0.1) is 0 Å². The lowest BCUT2D eigenvalue weighted by Crippen LogP contribution is -1.76. The summed E-state index contributed by atoms with van der Waals surface area (Å²) in [4.78, 5) is 10.6. The molecule has 0 radical (unpaired) electrons. The van der Waals surface area contributed by atoms with Crippen molar-refractivity contribution in [3.63, 3.8) is 0 Å². The van der Waals surface area contributed by atoms with Crippen LogP contribution in [0.5, 0.6) is 0 Å². The Morgan fingerprint density at radius 2 is 1.21 bits per heavy atom. The normalized spacial score (nSPS) is 15.9. The van der Waals surface area contributed by atoms with Crippen molar-refractivity contribution in [2.45, 2.75) is 0 Å². The van der Waals surface area contributed by atoms with Gasteiger partial charge in [-0.05, 0) is 0 Å². The number of rotatable bonds is 1. The molecule has 0 aromatic heterocycles. The largest absolute Gasteiger partial charge is 0.298 e.